The predicted octanol–water partition coefficient (Wildman–Crippen LogP) is 2.00. The molecule has 1 saturated heterocycles. The third-order valence-corrected chi connectivity index (χ3v) is 4.87. The molecule has 1 aliphatic heterocycles. The molecule has 3 rings (SSSR count). The van der Waals surface area contributed by atoms with Gasteiger partial charge in [0.15, 0.2) is 5.76 Å². The van der Waals surface area contributed by atoms with Crippen molar-refractivity contribution in [3.8, 4) is 0 Å². The molecule has 2 fully saturated rings. The number of carboxylic acid groups (broad SMARTS) is 1. The molecule has 0 bridgehead atoms. The quantitative estimate of drug-likeness (QED) is 0.921. The monoisotopic (exact) mass is 292 g/mol. The highest BCUT2D eigenvalue weighted by Gasteiger charge is 2.67. The molecule has 3 atom stereocenters. The second-order valence-electron chi connectivity index (χ2n) is 6.68. The molecule has 0 radical (unpaired) electrons. The Kier molecular flexibility index (Phi) is 3.07. The Morgan fingerprint density at radius 3 is 2.67 bits per heavy atom. The summed E-state index contributed by atoms with van der Waals surface area (Å²) in [7, 11) is 0. The van der Waals surface area contributed by atoms with Gasteiger partial charge in [0.1, 0.15) is 0 Å². The van der Waals surface area contributed by atoms with Crippen molar-refractivity contribution in [1.29, 1.82) is 0 Å². The molecule has 1 aromatic heterocycles. The average molecular weight is 292 g/mol. The van der Waals surface area contributed by atoms with Crippen LogP contribution in [0.15, 0.2) is 10.6 Å². The number of hydrogen-bond acceptors (Lipinski definition) is 4. The molecule has 1 amide bonds. The first kappa shape index (κ1) is 14.1. The molecule has 21 heavy (non-hydrogen) atoms. The number of carbonyl (C=O) groups excluding carboxylic acids is 1. The Bertz CT molecular complexity index is 592. The number of amides is 1. The number of nitrogens with zero attached hydrogens (tertiary/aromatic N) is 2. The van der Waals surface area contributed by atoms with Crippen molar-refractivity contribution in [1.82, 2.24) is 10.1 Å². The van der Waals surface area contributed by atoms with Crippen molar-refractivity contribution in [2.75, 3.05) is 6.54 Å². The second kappa shape index (κ2) is 4.58. The van der Waals surface area contributed by atoms with Gasteiger partial charge in [0.2, 0.25) is 5.91 Å². The van der Waals surface area contributed by atoms with Crippen LogP contribution in [0.4, 0.5) is 0 Å². The van der Waals surface area contributed by atoms with Crippen LogP contribution >= 0.6 is 0 Å². The molecular formula is C15H20N2O4. The van der Waals surface area contributed by atoms with Crippen LogP contribution in [0, 0.1) is 24.2 Å². The van der Waals surface area contributed by atoms with E-state index in [9.17, 15) is 14.7 Å². The Hall–Kier alpha value is -1.85. The lowest BCUT2D eigenvalue weighted by Gasteiger charge is -2.23. The molecule has 1 N–H and O–H groups in total. The van der Waals surface area contributed by atoms with Gasteiger partial charge >= 0.3 is 5.97 Å². The number of aryl methyl sites for hydroxylation is 1. The number of hydrogen-bond donors (Lipinski definition) is 1. The van der Waals surface area contributed by atoms with Crippen molar-refractivity contribution in [3.05, 3.63) is 17.5 Å². The molecule has 1 aliphatic carbocycles. The van der Waals surface area contributed by atoms with Crippen LogP contribution in [0.3, 0.4) is 0 Å². The maximum atomic E-state index is 12.7. The second-order valence-corrected chi connectivity index (χ2v) is 6.68. The van der Waals surface area contributed by atoms with Gasteiger partial charge in [-0.05, 0) is 25.2 Å². The van der Waals surface area contributed by atoms with Gasteiger partial charge in [-0.15, -0.1) is 0 Å². The lowest BCUT2D eigenvalue weighted by Crippen LogP contribution is -2.33. The molecule has 1 saturated carbocycles. The van der Waals surface area contributed by atoms with Gasteiger partial charge < -0.3 is 14.5 Å². The first-order valence-electron chi connectivity index (χ1n) is 7.30. The number of aliphatic carboxylic acids is 1. The SMILES string of the molecule is Cc1cc(C2CCCN2C(=O)C2C(C(=O)O)C2(C)C)on1. The zero-order chi connectivity index (χ0) is 15.4. The fourth-order valence-electron chi connectivity index (χ4n) is 3.60. The van der Waals surface area contributed by atoms with Crippen LogP contribution in [-0.2, 0) is 9.59 Å². The molecule has 6 heteroatoms. The van der Waals surface area contributed by atoms with Gasteiger partial charge in [-0.2, -0.15) is 0 Å². The Morgan fingerprint density at radius 2 is 2.14 bits per heavy atom. The normalized spacial score (nSPS) is 30.4. The highest BCUT2D eigenvalue weighted by Crippen LogP contribution is 2.59. The largest absolute Gasteiger partial charge is 0.481 e. The van der Waals surface area contributed by atoms with E-state index in [1.807, 2.05) is 26.8 Å². The van der Waals surface area contributed by atoms with E-state index in [1.165, 1.54) is 0 Å². The van der Waals surface area contributed by atoms with Crippen LogP contribution in [-0.4, -0.2) is 33.6 Å². The lowest BCUT2D eigenvalue weighted by molar-refractivity contribution is -0.142. The van der Waals surface area contributed by atoms with Crippen molar-refractivity contribution in [2.24, 2.45) is 17.3 Å². The molecule has 0 spiro atoms. The lowest BCUT2D eigenvalue weighted by atomic mass is 10.1. The minimum Gasteiger partial charge on any atom is -0.481 e. The minimum absolute atomic E-state index is 0.0658. The van der Waals surface area contributed by atoms with E-state index in [0.29, 0.717) is 12.3 Å². The molecule has 2 heterocycles. The van der Waals surface area contributed by atoms with E-state index in [0.717, 1.165) is 18.5 Å². The van der Waals surface area contributed by atoms with Crippen LogP contribution in [0.25, 0.3) is 0 Å². The van der Waals surface area contributed by atoms with Gasteiger partial charge in [0.05, 0.1) is 23.6 Å². The van der Waals surface area contributed by atoms with E-state index in [-0.39, 0.29) is 11.9 Å². The molecule has 114 valence electrons. The first-order chi connectivity index (χ1) is 9.84. The number of carboxylic acids is 1. The summed E-state index contributed by atoms with van der Waals surface area (Å²) < 4.78 is 5.29. The summed E-state index contributed by atoms with van der Waals surface area (Å²) in [5.74, 6) is -1.26. The van der Waals surface area contributed by atoms with Crippen LogP contribution in [0.2, 0.25) is 0 Å². The molecule has 3 unspecified atom stereocenters. The molecule has 6 nitrogen and oxygen atoms in total. The zero-order valence-electron chi connectivity index (χ0n) is 12.5. The molecule has 1 aromatic rings. The summed E-state index contributed by atoms with van der Waals surface area (Å²) in [6, 6.07) is 1.74. The minimum atomic E-state index is -0.885. The van der Waals surface area contributed by atoms with E-state index in [1.54, 1.807) is 4.90 Å². The molecular weight excluding hydrogens is 272 g/mol. The van der Waals surface area contributed by atoms with Crippen molar-refractivity contribution in [3.63, 3.8) is 0 Å². The Balaban J connectivity index is 1.80. The van der Waals surface area contributed by atoms with Gasteiger partial charge in [-0.25, -0.2) is 0 Å². The standard InChI is InChI=1S/C15H20N2O4/c1-8-7-10(21-16-8)9-5-4-6-17(9)13(18)11-12(14(19)20)15(11,2)3/h7,9,11-12H,4-6H2,1-3H3,(H,19,20). The molecule has 2 aliphatic rings. The fraction of sp³-hybridized carbons (Fsp3) is 0.667. The Labute approximate surface area is 123 Å². The van der Waals surface area contributed by atoms with Crippen LogP contribution < -0.4 is 0 Å². The number of aromatic nitrogens is 1. The van der Waals surface area contributed by atoms with E-state index in [2.05, 4.69) is 5.16 Å². The van der Waals surface area contributed by atoms with E-state index in [4.69, 9.17) is 4.52 Å². The number of carbonyl (C=O) groups is 2. The first-order valence-corrected chi connectivity index (χ1v) is 7.30. The highest BCUT2D eigenvalue weighted by molar-refractivity contribution is 5.92. The van der Waals surface area contributed by atoms with Crippen LogP contribution in [0.1, 0.15) is 44.2 Å². The Morgan fingerprint density at radius 1 is 1.43 bits per heavy atom. The third-order valence-electron chi connectivity index (χ3n) is 4.87. The summed E-state index contributed by atoms with van der Waals surface area (Å²) in [5.41, 5.74) is 0.326. The maximum Gasteiger partial charge on any atom is 0.307 e. The summed E-state index contributed by atoms with van der Waals surface area (Å²) in [6.45, 7) is 6.19. The van der Waals surface area contributed by atoms with E-state index >= 15 is 0 Å². The van der Waals surface area contributed by atoms with Crippen molar-refractivity contribution < 1.29 is 19.2 Å². The topological polar surface area (TPSA) is 83.6 Å². The van der Waals surface area contributed by atoms with E-state index < -0.39 is 23.2 Å². The van der Waals surface area contributed by atoms with Crippen molar-refractivity contribution >= 4 is 11.9 Å². The summed E-state index contributed by atoms with van der Waals surface area (Å²) in [6.07, 6.45) is 1.74. The van der Waals surface area contributed by atoms with Crippen LogP contribution in [0.5, 0.6) is 0 Å². The third kappa shape index (κ3) is 2.13. The average Bonchev–Trinajstić information content (AvgIpc) is 2.80. The van der Waals surface area contributed by atoms with Crippen molar-refractivity contribution in [2.45, 2.75) is 39.7 Å². The fourth-order valence-corrected chi connectivity index (χ4v) is 3.60. The highest BCUT2D eigenvalue weighted by atomic mass is 16.5. The smallest absolute Gasteiger partial charge is 0.307 e. The number of rotatable bonds is 3. The van der Waals surface area contributed by atoms with Gasteiger partial charge in [-0.3, -0.25) is 9.59 Å². The summed E-state index contributed by atoms with van der Waals surface area (Å²) in [4.78, 5) is 25.8. The maximum absolute atomic E-state index is 12.7. The number of likely N-dealkylation sites (tertiary alicyclic amines) is 1. The van der Waals surface area contributed by atoms with Gasteiger partial charge in [0.25, 0.3) is 0 Å². The summed E-state index contributed by atoms with van der Waals surface area (Å²) >= 11 is 0. The zero-order valence-corrected chi connectivity index (χ0v) is 12.5. The van der Waals surface area contributed by atoms with Gasteiger partial charge in [0, 0.05) is 12.6 Å². The predicted molar refractivity (Wildman–Crippen MR) is 73.3 cm³/mol. The molecule has 0 aromatic carbocycles. The summed E-state index contributed by atoms with van der Waals surface area (Å²) in [5, 5.41) is 13.1. The van der Waals surface area contributed by atoms with Gasteiger partial charge in [-0.1, -0.05) is 19.0 Å².